The Kier molecular flexibility index (Phi) is 12.3. The number of amides is 1. The Morgan fingerprint density at radius 3 is 1.90 bits per heavy atom. The Bertz CT molecular complexity index is 338. The van der Waals surface area contributed by atoms with Crippen LogP contribution < -0.4 is 17.2 Å². The smallest absolute Gasteiger partial charge is 0.358 e. The van der Waals surface area contributed by atoms with Crippen LogP contribution in [-0.4, -0.2) is 40.4 Å². The molecule has 0 heterocycles. The van der Waals surface area contributed by atoms with Gasteiger partial charge in [-0.25, -0.2) is 9.59 Å². The summed E-state index contributed by atoms with van der Waals surface area (Å²) in [5.74, 6) is -2.24. The minimum atomic E-state index is -0.993. The summed E-state index contributed by atoms with van der Waals surface area (Å²) in [5, 5.41) is 15.7. The third-order valence-electron chi connectivity index (χ3n) is 2.71. The molecule has 0 fully saturated rings. The van der Waals surface area contributed by atoms with Gasteiger partial charge in [0.25, 0.3) is 0 Å². The highest BCUT2D eigenvalue weighted by atomic mass is 17.1. The largest absolute Gasteiger partial charge is 0.370 e. The zero-order chi connectivity index (χ0) is 17.0. The summed E-state index contributed by atoms with van der Waals surface area (Å²) in [6.45, 7) is 3.73. The number of nitrogens with two attached hydrogens (primary N) is 3. The molecular weight excluding hydrogens is 286 g/mol. The Morgan fingerprint density at radius 1 is 1.10 bits per heavy atom. The topological polar surface area (TPSA) is 188 Å². The van der Waals surface area contributed by atoms with Crippen LogP contribution in [0, 0.1) is 5.92 Å². The van der Waals surface area contributed by atoms with E-state index in [2.05, 4.69) is 9.78 Å². The minimum Gasteiger partial charge on any atom is -0.370 e. The molecule has 0 bridgehead atoms. The van der Waals surface area contributed by atoms with Crippen LogP contribution >= 0.6 is 0 Å². The summed E-state index contributed by atoms with van der Waals surface area (Å²) in [6, 6.07) is -1.71. The van der Waals surface area contributed by atoms with E-state index in [4.69, 9.17) is 27.7 Å². The van der Waals surface area contributed by atoms with Crippen molar-refractivity contribution in [2.75, 3.05) is 0 Å². The Hall–Kier alpha value is -1.75. The molecule has 0 rings (SSSR count). The lowest BCUT2D eigenvalue weighted by Crippen LogP contribution is -2.37. The quantitative estimate of drug-likeness (QED) is 0.289. The lowest BCUT2D eigenvalue weighted by molar-refractivity contribution is -0.236. The second-order valence-electron chi connectivity index (χ2n) is 4.34. The first-order valence-electron chi connectivity index (χ1n) is 6.21. The molecule has 124 valence electrons. The first kappa shape index (κ1) is 21.5. The lowest BCUT2D eigenvalue weighted by Gasteiger charge is -2.13. The molecule has 0 aromatic heterocycles. The van der Waals surface area contributed by atoms with Crippen molar-refractivity contribution in [2.45, 2.75) is 45.2 Å². The van der Waals surface area contributed by atoms with Gasteiger partial charge in [-0.15, -0.1) is 0 Å². The van der Waals surface area contributed by atoms with Crippen LogP contribution in [0.5, 0.6) is 0 Å². The van der Waals surface area contributed by atoms with E-state index >= 15 is 0 Å². The molecule has 0 unspecified atom stereocenters. The van der Waals surface area contributed by atoms with Gasteiger partial charge in [0.2, 0.25) is 5.91 Å². The molecule has 1 amide bonds. The molecule has 0 saturated heterocycles. The molecule has 21 heavy (non-hydrogen) atoms. The van der Waals surface area contributed by atoms with Crippen LogP contribution in [0.25, 0.3) is 0 Å². The number of hydrogen-bond donors (Lipinski definition) is 5. The predicted molar refractivity (Wildman–Crippen MR) is 71.3 cm³/mol. The number of carbonyl (C=O) groups excluding carboxylic acids is 3. The third-order valence-corrected chi connectivity index (χ3v) is 2.71. The van der Waals surface area contributed by atoms with Crippen molar-refractivity contribution < 1.29 is 34.7 Å². The van der Waals surface area contributed by atoms with Gasteiger partial charge in [0.05, 0.1) is 0 Å². The van der Waals surface area contributed by atoms with E-state index in [1.165, 1.54) is 0 Å². The van der Waals surface area contributed by atoms with Crippen LogP contribution in [0.1, 0.15) is 33.1 Å². The van der Waals surface area contributed by atoms with Crippen molar-refractivity contribution in [3.63, 3.8) is 0 Å². The third kappa shape index (κ3) is 10.7. The molecular formula is C11H23N3O7. The van der Waals surface area contributed by atoms with E-state index in [1.807, 2.05) is 13.8 Å². The maximum Gasteiger partial charge on any atom is 0.358 e. The fourth-order valence-corrected chi connectivity index (χ4v) is 1.03. The van der Waals surface area contributed by atoms with Gasteiger partial charge in [0.15, 0.2) is 0 Å². The van der Waals surface area contributed by atoms with Crippen LogP contribution in [0.2, 0.25) is 0 Å². The number of rotatable bonds is 7. The van der Waals surface area contributed by atoms with Crippen molar-refractivity contribution in [1.29, 1.82) is 0 Å². The van der Waals surface area contributed by atoms with Gasteiger partial charge in [-0.3, -0.25) is 14.6 Å². The van der Waals surface area contributed by atoms with E-state index < -0.39 is 29.9 Å². The first-order valence-corrected chi connectivity index (χ1v) is 6.21. The highest BCUT2D eigenvalue weighted by molar-refractivity contribution is 5.77. The minimum absolute atomic E-state index is 0.00370. The first-order chi connectivity index (χ1) is 9.70. The summed E-state index contributed by atoms with van der Waals surface area (Å²) in [7, 11) is 0. The molecule has 0 spiro atoms. The molecule has 0 aromatic rings. The van der Waals surface area contributed by atoms with Crippen LogP contribution in [0.3, 0.4) is 0 Å². The molecule has 0 aromatic carbocycles. The normalized spacial score (nSPS) is 14.0. The van der Waals surface area contributed by atoms with E-state index in [0.29, 0.717) is 0 Å². The summed E-state index contributed by atoms with van der Waals surface area (Å²) < 4.78 is 0. The van der Waals surface area contributed by atoms with E-state index in [-0.39, 0.29) is 18.8 Å². The maximum atomic E-state index is 10.5. The molecule has 10 nitrogen and oxygen atoms in total. The van der Waals surface area contributed by atoms with Gasteiger partial charge in [-0.2, -0.15) is 10.5 Å². The number of carbonyl (C=O) groups is 3. The highest BCUT2D eigenvalue weighted by Crippen LogP contribution is 2.05. The molecule has 0 aliphatic heterocycles. The monoisotopic (exact) mass is 309 g/mol. The summed E-state index contributed by atoms with van der Waals surface area (Å²) in [5.41, 5.74) is 15.3. The average Bonchev–Trinajstić information content (AvgIpc) is 2.49. The molecule has 0 aliphatic carbocycles. The van der Waals surface area contributed by atoms with Gasteiger partial charge >= 0.3 is 11.9 Å². The van der Waals surface area contributed by atoms with Crippen LogP contribution in [0.4, 0.5) is 0 Å². The number of primary amides is 1. The zero-order valence-electron chi connectivity index (χ0n) is 12.0. The van der Waals surface area contributed by atoms with E-state index in [1.54, 1.807) is 0 Å². The molecule has 0 radical (unpaired) electrons. The van der Waals surface area contributed by atoms with Gasteiger partial charge in [0.1, 0.15) is 12.1 Å². The predicted octanol–water partition coefficient (Wildman–Crippen LogP) is -1.03. The Balaban J connectivity index is 0. The SMILES string of the molecule is CC[C@H](C)[C@H](N)C(=O)OO.NC(=O)CC[C@H](N)C(=O)OO. The van der Waals surface area contributed by atoms with Crippen molar-refractivity contribution in [3.8, 4) is 0 Å². The average molecular weight is 309 g/mol. The summed E-state index contributed by atoms with van der Waals surface area (Å²) in [4.78, 5) is 37.9. The maximum absolute atomic E-state index is 10.5. The second-order valence-corrected chi connectivity index (χ2v) is 4.34. The Morgan fingerprint density at radius 2 is 1.57 bits per heavy atom. The van der Waals surface area contributed by atoms with E-state index in [9.17, 15) is 14.4 Å². The second kappa shape index (κ2) is 12.0. The van der Waals surface area contributed by atoms with Crippen LogP contribution in [-0.2, 0) is 24.2 Å². The lowest BCUT2D eigenvalue weighted by atomic mass is 10.0. The van der Waals surface area contributed by atoms with Gasteiger partial charge in [-0.05, 0) is 12.3 Å². The van der Waals surface area contributed by atoms with Crippen molar-refractivity contribution in [2.24, 2.45) is 23.1 Å². The van der Waals surface area contributed by atoms with Crippen LogP contribution in [0.15, 0.2) is 0 Å². The number of hydrogen-bond acceptors (Lipinski definition) is 9. The molecule has 0 aliphatic rings. The fraction of sp³-hybridized carbons (Fsp3) is 0.727. The van der Waals surface area contributed by atoms with Gasteiger partial charge in [0, 0.05) is 6.42 Å². The molecule has 3 atom stereocenters. The zero-order valence-corrected chi connectivity index (χ0v) is 12.0. The highest BCUT2D eigenvalue weighted by Gasteiger charge is 2.20. The van der Waals surface area contributed by atoms with Crippen molar-refractivity contribution in [1.82, 2.24) is 0 Å². The standard InChI is InChI=1S/C6H13NO3.C5H10N2O4/c1-3-4(2)5(7)6(8)10-9;6-3(5(9)11-10)1-2-4(7)8/h4-5,9H,3,7H2,1-2H3;3,10H,1-2,6H2,(H2,7,8)/t4-,5-;3-/m00/s1. The summed E-state index contributed by atoms with van der Waals surface area (Å²) >= 11 is 0. The van der Waals surface area contributed by atoms with Crippen molar-refractivity contribution in [3.05, 3.63) is 0 Å². The molecule has 0 saturated carbocycles. The van der Waals surface area contributed by atoms with Crippen molar-refractivity contribution >= 4 is 17.8 Å². The molecule has 8 N–H and O–H groups in total. The van der Waals surface area contributed by atoms with E-state index in [0.717, 1.165) is 6.42 Å². The fourth-order valence-electron chi connectivity index (χ4n) is 1.03. The molecule has 10 heteroatoms. The van der Waals surface area contributed by atoms with Gasteiger partial charge < -0.3 is 17.2 Å². The summed E-state index contributed by atoms with van der Waals surface area (Å²) in [6.07, 6.45) is 0.862. The Labute approximate surface area is 122 Å². The van der Waals surface area contributed by atoms with Gasteiger partial charge in [-0.1, -0.05) is 20.3 Å².